The van der Waals surface area contributed by atoms with Crippen LogP contribution in [0, 0.1) is 0 Å². The second kappa shape index (κ2) is 7.56. The summed E-state index contributed by atoms with van der Waals surface area (Å²) in [5, 5.41) is 3.14. The first kappa shape index (κ1) is 18.4. The quantitative estimate of drug-likeness (QED) is 0.677. The van der Waals surface area contributed by atoms with Crippen molar-refractivity contribution in [3.63, 3.8) is 0 Å². The number of nitrogens with zero attached hydrogens (tertiary/aromatic N) is 2. The molecule has 0 saturated heterocycles. The summed E-state index contributed by atoms with van der Waals surface area (Å²) < 4.78 is 15.1. The van der Waals surface area contributed by atoms with Crippen molar-refractivity contribution in [3.8, 4) is 11.1 Å². The van der Waals surface area contributed by atoms with Crippen molar-refractivity contribution in [2.45, 2.75) is 26.1 Å². The second-order valence-corrected chi connectivity index (χ2v) is 7.09. The van der Waals surface area contributed by atoms with Gasteiger partial charge in [0.1, 0.15) is 11.8 Å². The highest BCUT2D eigenvalue weighted by Crippen LogP contribution is 2.33. The fraction of sp³-hybridized carbons (Fsp3) is 0.190. The van der Waals surface area contributed by atoms with Crippen LogP contribution in [0.1, 0.15) is 23.1 Å². The minimum atomic E-state index is -0.660. The summed E-state index contributed by atoms with van der Waals surface area (Å²) in [7, 11) is 0. The lowest BCUT2D eigenvalue weighted by Gasteiger charge is -2.20. The van der Waals surface area contributed by atoms with Crippen molar-refractivity contribution < 1.29 is 9.18 Å². The van der Waals surface area contributed by atoms with Gasteiger partial charge in [0.15, 0.2) is 0 Å². The Morgan fingerprint density at radius 1 is 1.14 bits per heavy atom. The number of aromatic nitrogens is 2. The van der Waals surface area contributed by atoms with Crippen LogP contribution >= 0.6 is 11.6 Å². The van der Waals surface area contributed by atoms with Crippen molar-refractivity contribution >= 4 is 23.2 Å². The van der Waals surface area contributed by atoms with Gasteiger partial charge in [-0.3, -0.25) is 19.1 Å². The summed E-state index contributed by atoms with van der Waals surface area (Å²) in [6, 6.07) is 10.2. The number of hydrogen-bond acceptors (Lipinski definition) is 3. The highest BCUT2D eigenvalue weighted by atomic mass is 35.5. The Morgan fingerprint density at radius 2 is 2.00 bits per heavy atom. The SMILES string of the molecule is O=C1CCc2cc(-c3cncc(Cn4c(Cl)cccc4=O)c3)c(CF)cc2N1. The van der Waals surface area contributed by atoms with E-state index in [2.05, 4.69) is 10.3 Å². The molecule has 1 aromatic carbocycles. The van der Waals surface area contributed by atoms with E-state index < -0.39 is 6.67 Å². The van der Waals surface area contributed by atoms with Gasteiger partial charge in [-0.25, -0.2) is 4.39 Å². The number of hydrogen-bond donors (Lipinski definition) is 1. The van der Waals surface area contributed by atoms with Gasteiger partial charge in [0.2, 0.25) is 5.91 Å². The molecule has 0 radical (unpaired) electrons. The van der Waals surface area contributed by atoms with Gasteiger partial charge in [0, 0.05) is 36.1 Å². The van der Waals surface area contributed by atoms with Crippen molar-refractivity contribution in [3.05, 3.63) is 81.0 Å². The van der Waals surface area contributed by atoms with Gasteiger partial charge in [-0.05, 0) is 52.9 Å². The first-order valence-corrected chi connectivity index (χ1v) is 9.24. The largest absolute Gasteiger partial charge is 0.326 e. The third-order valence-electron chi connectivity index (χ3n) is 4.81. The predicted octanol–water partition coefficient (Wildman–Crippen LogP) is 3.97. The Hall–Kier alpha value is -2.99. The molecule has 1 N–H and O–H groups in total. The van der Waals surface area contributed by atoms with E-state index in [1.807, 2.05) is 12.1 Å². The summed E-state index contributed by atoms with van der Waals surface area (Å²) in [4.78, 5) is 27.9. The summed E-state index contributed by atoms with van der Waals surface area (Å²) in [6.45, 7) is -0.391. The van der Waals surface area contributed by atoms with Crippen LogP contribution in [0.15, 0.2) is 53.6 Å². The fourth-order valence-corrected chi connectivity index (χ4v) is 3.62. The Balaban J connectivity index is 1.74. The molecule has 3 aromatic rings. The van der Waals surface area contributed by atoms with E-state index in [-0.39, 0.29) is 18.0 Å². The van der Waals surface area contributed by atoms with Crippen LogP contribution in [-0.2, 0) is 24.4 Å². The molecule has 142 valence electrons. The van der Waals surface area contributed by atoms with Gasteiger partial charge in [-0.15, -0.1) is 0 Å². The molecule has 5 nitrogen and oxygen atoms in total. The van der Waals surface area contributed by atoms with Crippen LogP contribution in [0.4, 0.5) is 10.1 Å². The number of alkyl halides is 1. The average molecular weight is 398 g/mol. The normalized spacial score (nSPS) is 13.1. The molecule has 0 atom stereocenters. The highest BCUT2D eigenvalue weighted by molar-refractivity contribution is 6.29. The van der Waals surface area contributed by atoms with E-state index in [1.54, 1.807) is 30.6 Å². The Morgan fingerprint density at radius 3 is 2.79 bits per heavy atom. The molecular formula is C21H17ClFN3O2. The first-order valence-electron chi connectivity index (χ1n) is 8.86. The number of fused-ring (bicyclic) bond motifs is 1. The lowest BCUT2D eigenvalue weighted by molar-refractivity contribution is -0.116. The Bertz CT molecular complexity index is 1130. The van der Waals surface area contributed by atoms with Crippen LogP contribution in [0.5, 0.6) is 0 Å². The molecule has 1 amide bonds. The predicted molar refractivity (Wildman–Crippen MR) is 106 cm³/mol. The molecule has 1 aliphatic heterocycles. The van der Waals surface area contributed by atoms with Gasteiger partial charge < -0.3 is 5.32 Å². The third-order valence-corrected chi connectivity index (χ3v) is 5.14. The lowest BCUT2D eigenvalue weighted by atomic mass is 9.93. The molecule has 0 bridgehead atoms. The summed E-state index contributed by atoms with van der Waals surface area (Å²) in [6.07, 6.45) is 4.35. The Kier molecular flexibility index (Phi) is 4.96. The second-order valence-electron chi connectivity index (χ2n) is 6.70. The number of carbonyl (C=O) groups excluding carboxylic acids is 1. The van der Waals surface area contributed by atoms with E-state index >= 15 is 0 Å². The summed E-state index contributed by atoms with van der Waals surface area (Å²) >= 11 is 6.13. The number of benzene rings is 1. The number of halogens is 2. The van der Waals surface area contributed by atoms with E-state index in [0.29, 0.717) is 29.2 Å². The van der Waals surface area contributed by atoms with Gasteiger partial charge in [0.05, 0.1) is 6.54 Å². The number of pyridine rings is 2. The van der Waals surface area contributed by atoms with Gasteiger partial charge >= 0.3 is 0 Å². The summed E-state index contributed by atoms with van der Waals surface area (Å²) in [5.41, 5.74) is 4.19. The number of rotatable bonds is 4. The van der Waals surface area contributed by atoms with Crippen molar-refractivity contribution in [2.24, 2.45) is 0 Å². The van der Waals surface area contributed by atoms with Crippen LogP contribution in [0.25, 0.3) is 11.1 Å². The molecule has 2 aromatic heterocycles. The van der Waals surface area contributed by atoms with E-state index in [4.69, 9.17) is 11.6 Å². The van der Waals surface area contributed by atoms with E-state index in [0.717, 1.165) is 22.3 Å². The molecule has 0 saturated carbocycles. The van der Waals surface area contributed by atoms with Crippen molar-refractivity contribution in [1.29, 1.82) is 0 Å². The lowest BCUT2D eigenvalue weighted by Crippen LogP contribution is -2.20. The minimum Gasteiger partial charge on any atom is -0.326 e. The number of carbonyl (C=O) groups is 1. The maximum absolute atomic E-state index is 13.7. The zero-order valence-corrected chi connectivity index (χ0v) is 15.7. The number of amides is 1. The molecule has 0 aliphatic carbocycles. The van der Waals surface area contributed by atoms with E-state index in [9.17, 15) is 14.0 Å². The minimum absolute atomic E-state index is 0.0566. The molecule has 4 rings (SSSR count). The molecule has 7 heteroatoms. The number of aryl methyl sites for hydroxylation is 1. The third kappa shape index (κ3) is 3.55. The van der Waals surface area contributed by atoms with Crippen LogP contribution < -0.4 is 10.9 Å². The highest BCUT2D eigenvalue weighted by Gasteiger charge is 2.18. The summed E-state index contributed by atoms with van der Waals surface area (Å²) in [5.74, 6) is -0.0566. The number of anilines is 1. The number of nitrogens with one attached hydrogen (secondary N) is 1. The molecular weight excluding hydrogens is 381 g/mol. The molecule has 0 unspecified atom stereocenters. The van der Waals surface area contributed by atoms with Crippen molar-refractivity contribution in [1.82, 2.24) is 9.55 Å². The van der Waals surface area contributed by atoms with Gasteiger partial charge in [-0.2, -0.15) is 0 Å². The molecule has 1 aliphatic rings. The Labute approximate surface area is 165 Å². The molecule has 0 spiro atoms. The van der Waals surface area contributed by atoms with Crippen molar-refractivity contribution in [2.75, 3.05) is 5.32 Å². The fourth-order valence-electron chi connectivity index (χ4n) is 3.41. The van der Waals surface area contributed by atoms with E-state index in [1.165, 1.54) is 10.6 Å². The molecule has 0 fully saturated rings. The van der Waals surface area contributed by atoms with Crippen LogP contribution in [0.3, 0.4) is 0 Å². The van der Waals surface area contributed by atoms with Crippen LogP contribution in [0.2, 0.25) is 5.15 Å². The maximum atomic E-state index is 13.7. The zero-order valence-electron chi connectivity index (χ0n) is 14.9. The van der Waals surface area contributed by atoms with Gasteiger partial charge in [0.25, 0.3) is 5.56 Å². The topological polar surface area (TPSA) is 64.0 Å². The standard InChI is InChI=1S/C21H17ClFN3O2/c22-19-2-1-3-21(28)26(19)12-13-6-16(11-24-10-13)17-7-14-4-5-20(27)25-18(14)8-15(17)9-23/h1-3,6-8,10-11H,4-5,9,12H2,(H,25,27). The molecule has 28 heavy (non-hydrogen) atoms. The smallest absolute Gasteiger partial charge is 0.251 e. The van der Waals surface area contributed by atoms with Crippen LogP contribution in [-0.4, -0.2) is 15.5 Å². The molecule has 3 heterocycles. The monoisotopic (exact) mass is 397 g/mol. The average Bonchev–Trinajstić information content (AvgIpc) is 2.70. The zero-order chi connectivity index (χ0) is 19.7. The first-order chi connectivity index (χ1) is 13.5. The van der Waals surface area contributed by atoms with Gasteiger partial charge in [-0.1, -0.05) is 17.7 Å². The maximum Gasteiger partial charge on any atom is 0.251 e.